The van der Waals surface area contributed by atoms with E-state index in [0.717, 1.165) is 10.6 Å². The molecule has 30 heavy (non-hydrogen) atoms. The maximum Gasteiger partial charge on any atom is 0.282 e. The summed E-state index contributed by atoms with van der Waals surface area (Å²) in [5.74, 6) is -1.35. The molecule has 0 bridgehead atoms. The molecule has 4 rings (SSSR count). The smallest absolute Gasteiger partial charge is 0.282 e. The summed E-state index contributed by atoms with van der Waals surface area (Å²) in [5.41, 5.74) is 2.80. The topological polar surface area (TPSA) is 52.6 Å². The number of nitrogens with zero attached hydrogens (tertiary/aromatic N) is 2. The molecule has 3 aromatic rings. The van der Waals surface area contributed by atoms with Crippen molar-refractivity contribution in [1.29, 1.82) is 0 Å². The molecule has 2 amide bonds. The van der Waals surface area contributed by atoms with E-state index >= 15 is 0 Å². The number of halogens is 1. The second-order valence-electron chi connectivity index (χ2n) is 7.11. The summed E-state index contributed by atoms with van der Waals surface area (Å²) in [5, 5.41) is 2.96. The Kier molecular flexibility index (Phi) is 5.06. The molecule has 150 valence electrons. The van der Waals surface area contributed by atoms with Gasteiger partial charge in [-0.3, -0.25) is 9.59 Å². The number of hydrogen-bond donors (Lipinski definition) is 1. The predicted octanol–water partition coefficient (Wildman–Crippen LogP) is 4.29. The molecular formula is C24H20FN3O2. The minimum Gasteiger partial charge on any atom is -0.378 e. The normalized spacial score (nSPS) is 13.8. The number of amides is 2. The van der Waals surface area contributed by atoms with Crippen LogP contribution in [-0.4, -0.2) is 25.9 Å². The average Bonchev–Trinajstić information content (AvgIpc) is 2.98. The van der Waals surface area contributed by atoms with Crippen LogP contribution in [0.5, 0.6) is 0 Å². The monoisotopic (exact) mass is 401 g/mol. The zero-order valence-electron chi connectivity index (χ0n) is 16.6. The van der Waals surface area contributed by atoms with Crippen molar-refractivity contribution < 1.29 is 14.0 Å². The molecule has 0 fully saturated rings. The molecule has 0 atom stereocenters. The lowest BCUT2D eigenvalue weighted by Gasteiger charge is -2.18. The van der Waals surface area contributed by atoms with Gasteiger partial charge in [0, 0.05) is 25.5 Å². The van der Waals surface area contributed by atoms with Crippen LogP contribution < -0.4 is 15.1 Å². The Balaban J connectivity index is 1.77. The Morgan fingerprint density at radius 1 is 0.833 bits per heavy atom. The van der Waals surface area contributed by atoms with Crippen molar-refractivity contribution in [2.45, 2.75) is 0 Å². The SMILES string of the molecule is CN(C)c1ccc(N2C(=O)C(Nc3cccc(F)c3)=C(c3ccccc3)C2=O)cc1. The molecule has 0 radical (unpaired) electrons. The summed E-state index contributed by atoms with van der Waals surface area (Å²) in [6.45, 7) is 0. The van der Waals surface area contributed by atoms with Gasteiger partial charge in [-0.2, -0.15) is 0 Å². The van der Waals surface area contributed by atoms with E-state index in [9.17, 15) is 14.0 Å². The Bertz CT molecular complexity index is 1140. The number of benzene rings is 3. The molecule has 0 saturated carbocycles. The fourth-order valence-corrected chi connectivity index (χ4v) is 3.36. The van der Waals surface area contributed by atoms with Crippen molar-refractivity contribution in [2.24, 2.45) is 0 Å². The van der Waals surface area contributed by atoms with Crippen molar-refractivity contribution in [3.8, 4) is 0 Å². The standard InChI is InChI=1S/C24H20FN3O2/c1-27(2)19-11-13-20(14-12-19)28-23(29)21(16-7-4-3-5-8-16)22(24(28)30)26-18-10-6-9-17(25)15-18/h3-15,26H,1-2H3. The number of nitrogens with one attached hydrogen (secondary N) is 1. The molecule has 1 N–H and O–H groups in total. The molecule has 3 aromatic carbocycles. The van der Waals surface area contributed by atoms with Gasteiger partial charge >= 0.3 is 0 Å². The highest BCUT2D eigenvalue weighted by Gasteiger charge is 2.40. The Morgan fingerprint density at radius 2 is 1.53 bits per heavy atom. The van der Waals surface area contributed by atoms with Crippen LogP contribution >= 0.6 is 0 Å². The molecule has 0 aliphatic carbocycles. The van der Waals surface area contributed by atoms with E-state index in [0.29, 0.717) is 16.9 Å². The van der Waals surface area contributed by atoms with Crippen LogP contribution in [0.4, 0.5) is 21.5 Å². The highest BCUT2D eigenvalue weighted by Crippen LogP contribution is 2.34. The summed E-state index contributed by atoms with van der Waals surface area (Å²) in [6, 6.07) is 21.9. The van der Waals surface area contributed by atoms with Crippen LogP contribution in [-0.2, 0) is 9.59 Å². The first kappa shape index (κ1) is 19.4. The van der Waals surface area contributed by atoms with Crippen LogP contribution in [0.3, 0.4) is 0 Å². The molecule has 0 aromatic heterocycles. The minimum absolute atomic E-state index is 0.119. The molecular weight excluding hydrogens is 381 g/mol. The van der Waals surface area contributed by atoms with Crippen LogP contribution in [0.2, 0.25) is 0 Å². The molecule has 1 aliphatic rings. The molecule has 0 unspecified atom stereocenters. The predicted molar refractivity (Wildman–Crippen MR) is 117 cm³/mol. The van der Waals surface area contributed by atoms with E-state index in [1.54, 1.807) is 48.5 Å². The molecule has 1 aliphatic heterocycles. The Morgan fingerprint density at radius 3 is 2.17 bits per heavy atom. The number of imide groups is 1. The quantitative estimate of drug-likeness (QED) is 0.648. The molecule has 5 nitrogen and oxygen atoms in total. The van der Waals surface area contributed by atoms with Crippen molar-refractivity contribution in [2.75, 3.05) is 29.2 Å². The summed E-state index contributed by atoms with van der Waals surface area (Å²) in [7, 11) is 3.83. The zero-order valence-corrected chi connectivity index (χ0v) is 16.6. The number of rotatable bonds is 5. The fraction of sp³-hybridized carbons (Fsp3) is 0.0833. The molecule has 0 saturated heterocycles. The third-order valence-corrected chi connectivity index (χ3v) is 4.86. The van der Waals surface area contributed by atoms with Gasteiger partial charge in [-0.25, -0.2) is 9.29 Å². The van der Waals surface area contributed by atoms with E-state index in [2.05, 4.69) is 5.32 Å². The van der Waals surface area contributed by atoms with Gasteiger partial charge in [0.2, 0.25) is 0 Å². The summed E-state index contributed by atoms with van der Waals surface area (Å²) in [6.07, 6.45) is 0. The van der Waals surface area contributed by atoms with Gasteiger partial charge in [0.25, 0.3) is 11.8 Å². The van der Waals surface area contributed by atoms with Crippen molar-refractivity contribution in [1.82, 2.24) is 0 Å². The van der Waals surface area contributed by atoms with E-state index < -0.39 is 17.6 Å². The lowest BCUT2D eigenvalue weighted by atomic mass is 10.0. The maximum atomic E-state index is 13.7. The van der Waals surface area contributed by atoms with Gasteiger partial charge in [-0.1, -0.05) is 36.4 Å². The first-order valence-corrected chi connectivity index (χ1v) is 9.44. The van der Waals surface area contributed by atoms with E-state index in [4.69, 9.17) is 0 Å². The summed E-state index contributed by atoms with van der Waals surface area (Å²) < 4.78 is 13.7. The van der Waals surface area contributed by atoms with Crippen LogP contribution in [0.25, 0.3) is 5.57 Å². The summed E-state index contributed by atoms with van der Waals surface area (Å²) in [4.78, 5) is 29.7. The minimum atomic E-state index is -0.485. The number of carbonyl (C=O) groups excluding carboxylic acids is 2. The van der Waals surface area contributed by atoms with Crippen LogP contribution in [0.15, 0.2) is 84.6 Å². The van der Waals surface area contributed by atoms with Gasteiger partial charge in [0.1, 0.15) is 11.5 Å². The zero-order chi connectivity index (χ0) is 21.3. The van der Waals surface area contributed by atoms with Crippen molar-refractivity contribution >= 4 is 34.4 Å². The largest absolute Gasteiger partial charge is 0.378 e. The average molecular weight is 401 g/mol. The first-order chi connectivity index (χ1) is 14.5. The number of carbonyl (C=O) groups is 2. The number of anilines is 3. The van der Waals surface area contributed by atoms with E-state index in [-0.39, 0.29) is 11.3 Å². The molecule has 1 heterocycles. The second-order valence-corrected chi connectivity index (χ2v) is 7.11. The summed E-state index contributed by atoms with van der Waals surface area (Å²) >= 11 is 0. The lowest BCUT2D eigenvalue weighted by molar-refractivity contribution is -0.120. The fourth-order valence-electron chi connectivity index (χ4n) is 3.36. The molecule has 0 spiro atoms. The maximum absolute atomic E-state index is 13.7. The Hall–Kier alpha value is -3.93. The third-order valence-electron chi connectivity index (χ3n) is 4.86. The first-order valence-electron chi connectivity index (χ1n) is 9.44. The lowest BCUT2D eigenvalue weighted by Crippen LogP contribution is -2.32. The van der Waals surface area contributed by atoms with E-state index in [1.807, 2.05) is 37.2 Å². The highest BCUT2D eigenvalue weighted by molar-refractivity contribution is 6.46. The van der Waals surface area contributed by atoms with Crippen molar-refractivity contribution in [3.63, 3.8) is 0 Å². The van der Waals surface area contributed by atoms with Crippen molar-refractivity contribution in [3.05, 3.63) is 95.9 Å². The van der Waals surface area contributed by atoms with Gasteiger partial charge in [0.05, 0.1) is 11.3 Å². The second kappa shape index (κ2) is 7.83. The molecule has 6 heteroatoms. The van der Waals surface area contributed by atoms with Gasteiger partial charge < -0.3 is 10.2 Å². The van der Waals surface area contributed by atoms with Gasteiger partial charge in [-0.05, 0) is 48.0 Å². The Labute approximate surface area is 174 Å². The van der Waals surface area contributed by atoms with E-state index in [1.165, 1.54) is 12.1 Å². The van der Waals surface area contributed by atoms with Crippen LogP contribution in [0, 0.1) is 5.82 Å². The third kappa shape index (κ3) is 3.55. The van der Waals surface area contributed by atoms with Gasteiger partial charge in [0.15, 0.2) is 0 Å². The van der Waals surface area contributed by atoms with Gasteiger partial charge in [-0.15, -0.1) is 0 Å². The number of hydrogen-bond acceptors (Lipinski definition) is 4. The highest BCUT2D eigenvalue weighted by atomic mass is 19.1. The van der Waals surface area contributed by atoms with Crippen LogP contribution in [0.1, 0.15) is 5.56 Å².